The van der Waals surface area contributed by atoms with E-state index in [-0.39, 0.29) is 11.3 Å². The minimum atomic E-state index is -4.31. The third-order valence-electron chi connectivity index (χ3n) is 2.15. The predicted molar refractivity (Wildman–Crippen MR) is 57.0 cm³/mol. The number of alkyl halides is 3. The smallest absolute Gasteiger partial charge is 0.405 e. The van der Waals surface area contributed by atoms with Crippen LogP contribution in [0.25, 0.3) is 0 Å². The summed E-state index contributed by atoms with van der Waals surface area (Å²) >= 11 is 0. The van der Waals surface area contributed by atoms with E-state index in [1.54, 1.807) is 0 Å². The summed E-state index contributed by atoms with van der Waals surface area (Å²) in [5.74, 6) is 0.410. The number of rotatable bonds is 3. The molecule has 0 saturated heterocycles. The van der Waals surface area contributed by atoms with E-state index in [1.807, 2.05) is 6.07 Å². The van der Waals surface area contributed by atoms with Crippen molar-refractivity contribution in [1.29, 1.82) is 5.26 Å². The zero-order valence-corrected chi connectivity index (χ0v) is 9.38. The molecule has 0 heterocycles. The summed E-state index contributed by atoms with van der Waals surface area (Å²) in [5.41, 5.74) is 0.377. The molecule has 0 radical (unpaired) electrons. The molecule has 0 N–H and O–H groups in total. The van der Waals surface area contributed by atoms with Gasteiger partial charge in [0.15, 0.2) is 0 Å². The van der Waals surface area contributed by atoms with Crippen molar-refractivity contribution in [1.82, 2.24) is 0 Å². The van der Waals surface area contributed by atoms with E-state index >= 15 is 0 Å². The Bertz CT molecular complexity index is 437. The van der Waals surface area contributed by atoms with Gasteiger partial charge in [-0.2, -0.15) is 18.4 Å². The molecule has 1 rings (SSSR count). The van der Waals surface area contributed by atoms with Crippen LogP contribution in [0.4, 0.5) is 18.9 Å². The molecule has 3 nitrogen and oxygen atoms in total. The first-order valence-corrected chi connectivity index (χ1v) is 4.73. The first-order valence-electron chi connectivity index (χ1n) is 4.73. The molecule has 1 aromatic carbocycles. The van der Waals surface area contributed by atoms with Crippen LogP contribution in [-0.4, -0.2) is 26.9 Å². The van der Waals surface area contributed by atoms with Crippen molar-refractivity contribution in [3.63, 3.8) is 0 Å². The number of halogens is 3. The Balaban J connectivity index is 3.06. The Morgan fingerprint density at radius 1 is 1.41 bits per heavy atom. The topological polar surface area (TPSA) is 36.3 Å². The van der Waals surface area contributed by atoms with Gasteiger partial charge < -0.3 is 9.64 Å². The summed E-state index contributed by atoms with van der Waals surface area (Å²) in [7, 11) is 2.69. The maximum Gasteiger partial charge on any atom is 0.405 e. The van der Waals surface area contributed by atoms with Crippen LogP contribution in [0.2, 0.25) is 0 Å². The average Bonchev–Trinajstić information content (AvgIpc) is 2.25. The van der Waals surface area contributed by atoms with Crippen molar-refractivity contribution in [3.8, 4) is 11.8 Å². The Hall–Kier alpha value is -1.90. The summed E-state index contributed by atoms with van der Waals surface area (Å²) in [6.45, 7) is -1.12. The lowest BCUT2D eigenvalue weighted by Crippen LogP contribution is -2.31. The highest BCUT2D eigenvalue weighted by molar-refractivity contribution is 5.61. The summed E-state index contributed by atoms with van der Waals surface area (Å²) in [6, 6.07) is 6.22. The van der Waals surface area contributed by atoms with E-state index in [4.69, 9.17) is 10.00 Å². The normalized spacial score (nSPS) is 10.8. The SMILES string of the molecule is COc1ccc(C#N)c(N(C)CC(F)(F)F)c1. The van der Waals surface area contributed by atoms with Crippen LogP contribution in [0.1, 0.15) is 5.56 Å². The maximum atomic E-state index is 12.3. The first kappa shape index (κ1) is 13.2. The second-order valence-corrected chi connectivity index (χ2v) is 3.47. The molecule has 0 aliphatic carbocycles. The van der Waals surface area contributed by atoms with Crippen molar-refractivity contribution < 1.29 is 17.9 Å². The first-order chi connectivity index (χ1) is 7.87. The summed E-state index contributed by atoms with van der Waals surface area (Å²) in [4.78, 5) is 0.973. The summed E-state index contributed by atoms with van der Waals surface area (Å²) < 4.78 is 41.7. The van der Waals surface area contributed by atoms with Crippen LogP contribution in [0.15, 0.2) is 18.2 Å². The number of hydrogen-bond donors (Lipinski definition) is 0. The molecule has 1 aromatic rings. The molecule has 0 amide bonds. The van der Waals surface area contributed by atoms with Crippen LogP contribution in [0, 0.1) is 11.3 Å². The van der Waals surface area contributed by atoms with Crippen LogP contribution < -0.4 is 9.64 Å². The molecule has 0 aliphatic heterocycles. The van der Waals surface area contributed by atoms with Gasteiger partial charge in [-0.05, 0) is 12.1 Å². The van der Waals surface area contributed by atoms with Gasteiger partial charge >= 0.3 is 6.18 Å². The Morgan fingerprint density at radius 3 is 2.53 bits per heavy atom. The molecule has 0 aliphatic rings. The minimum absolute atomic E-state index is 0.178. The van der Waals surface area contributed by atoms with Crippen molar-refractivity contribution in [2.75, 3.05) is 25.6 Å². The molecule has 0 bridgehead atoms. The molecule has 92 valence electrons. The fourth-order valence-electron chi connectivity index (χ4n) is 1.40. The van der Waals surface area contributed by atoms with Crippen molar-refractivity contribution in [3.05, 3.63) is 23.8 Å². The van der Waals surface area contributed by atoms with Gasteiger partial charge in [0, 0.05) is 13.1 Å². The second kappa shape index (κ2) is 4.95. The lowest BCUT2D eigenvalue weighted by Gasteiger charge is -2.22. The maximum absolute atomic E-state index is 12.3. The van der Waals surface area contributed by atoms with Crippen molar-refractivity contribution in [2.24, 2.45) is 0 Å². The van der Waals surface area contributed by atoms with E-state index in [9.17, 15) is 13.2 Å². The number of nitriles is 1. The third-order valence-corrected chi connectivity index (χ3v) is 2.15. The lowest BCUT2D eigenvalue weighted by molar-refractivity contribution is -0.119. The fourth-order valence-corrected chi connectivity index (χ4v) is 1.40. The largest absolute Gasteiger partial charge is 0.497 e. The molecular formula is C11H11F3N2O. The van der Waals surface area contributed by atoms with E-state index < -0.39 is 12.7 Å². The van der Waals surface area contributed by atoms with Gasteiger partial charge in [-0.1, -0.05) is 0 Å². The van der Waals surface area contributed by atoms with Crippen LogP contribution >= 0.6 is 0 Å². The lowest BCUT2D eigenvalue weighted by atomic mass is 10.1. The van der Waals surface area contributed by atoms with Crippen LogP contribution in [0.5, 0.6) is 5.75 Å². The highest BCUT2D eigenvalue weighted by Gasteiger charge is 2.30. The quantitative estimate of drug-likeness (QED) is 0.819. The standard InChI is InChI=1S/C11H11F3N2O/c1-16(7-11(12,13)14)10-5-9(17-2)4-3-8(10)6-15/h3-5H,7H2,1-2H3. The Kier molecular flexibility index (Phi) is 3.84. The number of nitrogens with zero attached hydrogens (tertiary/aromatic N) is 2. The van der Waals surface area contributed by atoms with Gasteiger partial charge in [0.25, 0.3) is 0 Å². The Morgan fingerprint density at radius 2 is 2.06 bits per heavy atom. The monoisotopic (exact) mass is 244 g/mol. The van der Waals surface area contributed by atoms with E-state index in [0.29, 0.717) is 5.75 Å². The molecular weight excluding hydrogens is 233 g/mol. The number of methoxy groups -OCH3 is 1. The van der Waals surface area contributed by atoms with E-state index in [2.05, 4.69) is 0 Å². The van der Waals surface area contributed by atoms with Crippen molar-refractivity contribution >= 4 is 5.69 Å². The summed E-state index contributed by atoms with van der Waals surface area (Å²) in [6.07, 6.45) is -4.31. The van der Waals surface area contributed by atoms with E-state index in [1.165, 1.54) is 32.4 Å². The number of ether oxygens (including phenoxy) is 1. The molecule has 0 aromatic heterocycles. The molecule has 17 heavy (non-hydrogen) atoms. The third kappa shape index (κ3) is 3.55. The molecule has 0 saturated carbocycles. The van der Waals surface area contributed by atoms with Crippen LogP contribution in [-0.2, 0) is 0 Å². The second-order valence-electron chi connectivity index (χ2n) is 3.47. The highest BCUT2D eigenvalue weighted by Crippen LogP contribution is 2.27. The number of benzene rings is 1. The summed E-state index contributed by atoms with van der Waals surface area (Å²) in [5, 5.41) is 8.83. The molecule has 0 atom stereocenters. The van der Waals surface area contributed by atoms with Gasteiger partial charge in [-0.3, -0.25) is 0 Å². The molecule has 6 heteroatoms. The van der Waals surface area contributed by atoms with Crippen LogP contribution in [0.3, 0.4) is 0 Å². The number of anilines is 1. The number of hydrogen-bond acceptors (Lipinski definition) is 3. The highest BCUT2D eigenvalue weighted by atomic mass is 19.4. The zero-order chi connectivity index (χ0) is 13.1. The van der Waals surface area contributed by atoms with Crippen molar-refractivity contribution in [2.45, 2.75) is 6.18 Å². The molecule has 0 unspecified atom stereocenters. The van der Waals surface area contributed by atoms with Gasteiger partial charge in [0.2, 0.25) is 0 Å². The molecule has 0 spiro atoms. The fraction of sp³-hybridized carbons (Fsp3) is 0.364. The molecule has 0 fully saturated rings. The zero-order valence-electron chi connectivity index (χ0n) is 9.38. The van der Waals surface area contributed by atoms with Gasteiger partial charge in [-0.15, -0.1) is 0 Å². The van der Waals surface area contributed by atoms with Gasteiger partial charge in [0.05, 0.1) is 18.4 Å². The van der Waals surface area contributed by atoms with E-state index in [0.717, 1.165) is 4.90 Å². The van der Waals surface area contributed by atoms with Gasteiger partial charge in [0.1, 0.15) is 18.4 Å². The average molecular weight is 244 g/mol. The predicted octanol–water partition coefficient (Wildman–Crippen LogP) is 2.57. The van der Waals surface area contributed by atoms with Gasteiger partial charge in [-0.25, -0.2) is 0 Å². The minimum Gasteiger partial charge on any atom is -0.497 e. The Labute approximate surface area is 97.0 Å².